The van der Waals surface area contributed by atoms with E-state index in [0.29, 0.717) is 17.2 Å². The number of hydrogen-bond acceptors (Lipinski definition) is 1. The van der Waals surface area contributed by atoms with E-state index in [4.69, 9.17) is 5.73 Å². The van der Waals surface area contributed by atoms with Crippen molar-refractivity contribution in [2.45, 2.75) is 50.3 Å². The van der Waals surface area contributed by atoms with Gasteiger partial charge < -0.3 is 5.73 Å². The minimum Gasteiger partial charge on any atom is -0.370 e. The lowest BCUT2D eigenvalue weighted by molar-refractivity contribution is -0.118. The number of carbonyl (C=O) groups excluding carboxylic acids is 1. The third kappa shape index (κ3) is 3.60. The van der Waals surface area contributed by atoms with Crippen LogP contribution in [0, 0.1) is 11.8 Å². The van der Waals surface area contributed by atoms with Crippen molar-refractivity contribution in [1.29, 1.82) is 0 Å². The predicted octanol–water partition coefficient (Wildman–Crippen LogP) is 2.84. The van der Waals surface area contributed by atoms with E-state index in [1.54, 1.807) is 0 Å². The second-order valence-corrected chi connectivity index (χ2v) is 5.56. The summed E-state index contributed by atoms with van der Waals surface area (Å²) >= 11 is 3.60. The zero-order valence-corrected chi connectivity index (χ0v) is 10.4. The van der Waals surface area contributed by atoms with Crippen LogP contribution < -0.4 is 5.73 Å². The maximum atomic E-state index is 10.8. The first-order valence-electron chi connectivity index (χ1n) is 5.55. The van der Waals surface area contributed by atoms with Crippen molar-refractivity contribution in [3.8, 4) is 0 Å². The molecule has 0 bridgehead atoms. The Hall–Kier alpha value is -0.0500. The molecule has 0 radical (unpaired) electrons. The number of rotatable bonds is 4. The Kier molecular flexibility index (Phi) is 4.93. The van der Waals surface area contributed by atoms with Crippen molar-refractivity contribution in [3.05, 3.63) is 0 Å². The van der Waals surface area contributed by atoms with Gasteiger partial charge in [0.05, 0.1) is 0 Å². The molecule has 3 heteroatoms. The molecule has 0 saturated heterocycles. The van der Waals surface area contributed by atoms with Gasteiger partial charge in [-0.05, 0) is 24.7 Å². The molecule has 14 heavy (non-hydrogen) atoms. The molecule has 2 N–H and O–H groups in total. The minimum atomic E-state index is -0.189. The monoisotopic (exact) mass is 261 g/mol. The average molecular weight is 262 g/mol. The molecule has 1 fully saturated rings. The van der Waals surface area contributed by atoms with Crippen LogP contribution >= 0.6 is 15.9 Å². The first-order valence-corrected chi connectivity index (χ1v) is 6.47. The predicted molar refractivity (Wildman–Crippen MR) is 62.3 cm³/mol. The van der Waals surface area contributed by atoms with Crippen molar-refractivity contribution >= 4 is 21.8 Å². The molecule has 0 aromatic rings. The van der Waals surface area contributed by atoms with Crippen molar-refractivity contribution in [2.24, 2.45) is 17.6 Å². The van der Waals surface area contributed by atoms with E-state index in [1.165, 1.54) is 32.1 Å². The fourth-order valence-corrected chi connectivity index (χ4v) is 3.19. The van der Waals surface area contributed by atoms with Crippen LogP contribution in [0.15, 0.2) is 0 Å². The molecule has 2 nitrogen and oxygen atoms in total. The number of primary amides is 1. The molecule has 0 aliphatic heterocycles. The van der Waals surface area contributed by atoms with Gasteiger partial charge in [0, 0.05) is 11.2 Å². The smallest absolute Gasteiger partial charge is 0.218 e. The topological polar surface area (TPSA) is 43.1 Å². The Bertz CT molecular complexity index is 196. The Morgan fingerprint density at radius 2 is 2.29 bits per heavy atom. The van der Waals surface area contributed by atoms with E-state index in [9.17, 15) is 4.79 Å². The molecule has 82 valence electrons. The highest BCUT2D eigenvalue weighted by Gasteiger charge is 2.26. The van der Waals surface area contributed by atoms with Crippen molar-refractivity contribution in [3.63, 3.8) is 0 Å². The van der Waals surface area contributed by atoms with Crippen LogP contribution in [0.2, 0.25) is 0 Å². The summed E-state index contributed by atoms with van der Waals surface area (Å²) in [5.74, 6) is 1.33. The summed E-state index contributed by atoms with van der Waals surface area (Å²) in [7, 11) is 0. The highest BCUT2D eigenvalue weighted by molar-refractivity contribution is 9.09. The van der Waals surface area contributed by atoms with Gasteiger partial charge in [0.15, 0.2) is 0 Å². The van der Waals surface area contributed by atoms with Gasteiger partial charge in [-0.1, -0.05) is 42.1 Å². The summed E-state index contributed by atoms with van der Waals surface area (Å²) in [4.78, 5) is 11.1. The Morgan fingerprint density at radius 3 is 2.86 bits per heavy atom. The molecular weight excluding hydrogens is 242 g/mol. The Morgan fingerprint density at radius 1 is 1.57 bits per heavy atom. The van der Waals surface area contributed by atoms with Crippen LogP contribution in [0.5, 0.6) is 0 Å². The SMILES string of the molecule is CCC1CCCC(C(Br)CC(N)=O)C1. The van der Waals surface area contributed by atoms with Gasteiger partial charge in [-0.2, -0.15) is 0 Å². The number of nitrogens with two attached hydrogens (primary N) is 1. The Labute approximate surface area is 94.8 Å². The molecule has 1 aliphatic rings. The van der Waals surface area contributed by atoms with Crippen LogP contribution in [0.4, 0.5) is 0 Å². The molecule has 1 aliphatic carbocycles. The second kappa shape index (κ2) is 5.74. The Balaban J connectivity index is 2.38. The minimum absolute atomic E-state index is 0.189. The van der Waals surface area contributed by atoms with Crippen molar-refractivity contribution < 1.29 is 4.79 Å². The molecule has 1 rings (SSSR count). The van der Waals surface area contributed by atoms with E-state index < -0.39 is 0 Å². The largest absolute Gasteiger partial charge is 0.370 e. The van der Waals surface area contributed by atoms with Crippen LogP contribution in [0.3, 0.4) is 0 Å². The summed E-state index contributed by atoms with van der Waals surface area (Å²) < 4.78 is 0. The van der Waals surface area contributed by atoms with Crippen LogP contribution in [0.25, 0.3) is 0 Å². The standard InChI is InChI=1S/C11H20BrNO/c1-2-8-4-3-5-9(6-8)10(12)7-11(13)14/h8-10H,2-7H2,1H3,(H2,13,14). The van der Waals surface area contributed by atoms with Crippen LogP contribution in [-0.2, 0) is 4.79 Å². The molecule has 3 atom stereocenters. The number of carbonyl (C=O) groups is 1. The van der Waals surface area contributed by atoms with Gasteiger partial charge in [0.25, 0.3) is 0 Å². The summed E-state index contributed by atoms with van der Waals surface area (Å²) in [6, 6.07) is 0. The molecule has 0 aromatic heterocycles. The quantitative estimate of drug-likeness (QED) is 0.778. The number of amides is 1. The third-order valence-corrected chi connectivity index (χ3v) is 4.38. The fourth-order valence-electron chi connectivity index (χ4n) is 2.39. The summed E-state index contributed by atoms with van der Waals surface area (Å²) in [5, 5.41) is 0. The van der Waals surface area contributed by atoms with E-state index in [0.717, 1.165) is 5.92 Å². The third-order valence-electron chi connectivity index (χ3n) is 3.31. The van der Waals surface area contributed by atoms with E-state index in [-0.39, 0.29) is 5.91 Å². The van der Waals surface area contributed by atoms with E-state index >= 15 is 0 Å². The summed E-state index contributed by atoms with van der Waals surface area (Å²) in [6.07, 6.45) is 6.95. The fraction of sp³-hybridized carbons (Fsp3) is 0.909. The van der Waals surface area contributed by atoms with Crippen LogP contribution in [0.1, 0.15) is 45.4 Å². The second-order valence-electron chi connectivity index (χ2n) is 4.39. The van der Waals surface area contributed by atoms with Crippen molar-refractivity contribution in [1.82, 2.24) is 0 Å². The molecular formula is C11H20BrNO. The van der Waals surface area contributed by atoms with Gasteiger partial charge in [-0.25, -0.2) is 0 Å². The lowest BCUT2D eigenvalue weighted by Crippen LogP contribution is -2.27. The summed E-state index contributed by atoms with van der Waals surface area (Å²) in [6.45, 7) is 2.25. The number of hydrogen-bond donors (Lipinski definition) is 1. The molecule has 0 heterocycles. The normalized spacial score (nSPS) is 29.9. The highest BCUT2D eigenvalue weighted by atomic mass is 79.9. The molecule has 1 amide bonds. The number of alkyl halides is 1. The van der Waals surface area contributed by atoms with Crippen molar-refractivity contribution in [2.75, 3.05) is 0 Å². The first-order chi connectivity index (χ1) is 6.63. The van der Waals surface area contributed by atoms with E-state index in [2.05, 4.69) is 22.9 Å². The lowest BCUT2D eigenvalue weighted by Gasteiger charge is -2.31. The maximum absolute atomic E-state index is 10.8. The van der Waals surface area contributed by atoms with E-state index in [1.807, 2.05) is 0 Å². The van der Waals surface area contributed by atoms with Gasteiger partial charge in [0.1, 0.15) is 0 Å². The average Bonchev–Trinajstić information content (AvgIpc) is 2.17. The lowest BCUT2D eigenvalue weighted by atomic mass is 9.78. The van der Waals surface area contributed by atoms with Gasteiger partial charge >= 0.3 is 0 Å². The maximum Gasteiger partial charge on any atom is 0.218 e. The zero-order chi connectivity index (χ0) is 10.6. The zero-order valence-electron chi connectivity index (χ0n) is 8.84. The van der Waals surface area contributed by atoms with Gasteiger partial charge in [-0.15, -0.1) is 0 Å². The molecule has 1 saturated carbocycles. The molecule has 0 spiro atoms. The van der Waals surface area contributed by atoms with Gasteiger partial charge in [-0.3, -0.25) is 4.79 Å². The molecule has 3 unspecified atom stereocenters. The van der Waals surface area contributed by atoms with Crippen LogP contribution in [-0.4, -0.2) is 10.7 Å². The first kappa shape index (κ1) is 12.0. The highest BCUT2D eigenvalue weighted by Crippen LogP contribution is 2.36. The number of halogens is 1. The van der Waals surface area contributed by atoms with Gasteiger partial charge in [0.2, 0.25) is 5.91 Å². The summed E-state index contributed by atoms with van der Waals surface area (Å²) in [5.41, 5.74) is 5.20. The molecule has 0 aromatic carbocycles.